The molecule has 8 nitrogen and oxygen atoms in total. The van der Waals surface area contributed by atoms with Crippen molar-refractivity contribution in [3.05, 3.63) is 107 Å². The molecular formula is C26H25N3O5. The van der Waals surface area contributed by atoms with E-state index in [1.807, 2.05) is 36.4 Å². The molecule has 8 heteroatoms. The van der Waals surface area contributed by atoms with Crippen LogP contribution in [0.25, 0.3) is 0 Å². The molecule has 0 fully saturated rings. The van der Waals surface area contributed by atoms with Gasteiger partial charge < -0.3 is 15.2 Å². The number of urea groups is 1. The van der Waals surface area contributed by atoms with Gasteiger partial charge in [0.05, 0.1) is 23.7 Å². The van der Waals surface area contributed by atoms with Gasteiger partial charge in [-0.05, 0) is 29.7 Å². The van der Waals surface area contributed by atoms with Gasteiger partial charge in [0.2, 0.25) is 0 Å². The highest BCUT2D eigenvalue weighted by Gasteiger charge is 2.42. The van der Waals surface area contributed by atoms with Gasteiger partial charge in [0.15, 0.2) is 6.29 Å². The van der Waals surface area contributed by atoms with Crippen LogP contribution < -0.4 is 5.32 Å². The van der Waals surface area contributed by atoms with Crippen molar-refractivity contribution in [3.63, 3.8) is 0 Å². The van der Waals surface area contributed by atoms with Crippen LogP contribution in [0.4, 0.5) is 4.79 Å². The Morgan fingerprint density at radius 2 is 1.38 bits per heavy atom. The van der Waals surface area contributed by atoms with E-state index in [2.05, 4.69) is 5.32 Å². The number of nitrogens with zero attached hydrogens (tertiary/aromatic N) is 2. The number of ether oxygens (including phenoxy) is 1. The fourth-order valence-electron chi connectivity index (χ4n) is 3.87. The number of amides is 4. The normalized spacial score (nSPS) is 14.5. The van der Waals surface area contributed by atoms with Gasteiger partial charge in [-0.3, -0.25) is 9.59 Å². The monoisotopic (exact) mass is 459 g/mol. The molecule has 174 valence electrons. The zero-order valence-electron chi connectivity index (χ0n) is 18.6. The van der Waals surface area contributed by atoms with Crippen molar-refractivity contribution in [1.29, 1.82) is 0 Å². The van der Waals surface area contributed by atoms with E-state index in [1.54, 1.807) is 48.5 Å². The maximum absolute atomic E-state index is 13.5. The van der Waals surface area contributed by atoms with Crippen LogP contribution in [-0.2, 0) is 17.7 Å². The maximum atomic E-state index is 13.5. The van der Waals surface area contributed by atoms with E-state index in [1.165, 1.54) is 7.11 Å². The Bertz CT molecular complexity index is 1130. The number of carbonyl (C=O) groups excluding carboxylic acids is 3. The number of imide groups is 1. The molecule has 1 unspecified atom stereocenters. The van der Waals surface area contributed by atoms with Crippen molar-refractivity contribution in [1.82, 2.24) is 15.3 Å². The lowest BCUT2D eigenvalue weighted by atomic mass is 10.1. The molecule has 0 saturated carbocycles. The second kappa shape index (κ2) is 10.3. The number of benzene rings is 3. The maximum Gasteiger partial charge on any atom is 0.337 e. The van der Waals surface area contributed by atoms with Crippen LogP contribution in [0.5, 0.6) is 0 Å². The van der Waals surface area contributed by atoms with Gasteiger partial charge >= 0.3 is 6.03 Å². The van der Waals surface area contributed by atoms with E-state index in [-0.39, 0.29) is 24.1 Å². The Labute approximate surface area is 197 Å². The van der Waals surface area contributed by atoms with Crippen molar-refractivity contribution in [2.24, 2.45) is 0 Å². The number of nitrogens with one attached hydrogen (secondary N) is 1. The summed E-state index contributed by atoms with van der Waals surface area (Å²) in [4.78, 5) is 39.7. The molecule has 1 aliphatic rings. The quantitative estimate of drug-likeness (QED) is 0.399. The topological polar surface area (TPSA) is 99.2 Å². The summed E-state index contributed by atoms with van der Waals surface area (Å²) in [5.41, 5.74) is 2.06. The minimum atomic E-state index is -1.30. The van der Waals surface area contributed by atoms with E-state index in [0.29, 0.717) is 0 Å². The van der Waals surface area contributed by atoms with Crippen LogP contribution in [0.3, 0.4) is 0 Å². The number of aliphatic hydroxyl groups is 1. The molecule has 0 saturated heterocycles. The molecule has 4 amide bonds. The number of hydrogen-bond donors (Lipinski definition) is 2. The van der Waals surface area contributed by atoms with E-state index in [0.717, 1.165) is 21.1 Å². The fraction of sp³-hybridized carbons (Fsp3) is 0.192. The lowest BCUT2D eigenvalue weighted by Crippen LogP contribution is -2.57. The second-order valence-corrected chi connectivity index (χ2v) is 7.88. The molecule has 0 bridgehead atoms. The molecule has 0 radical (unpaired) electrons. The Morgan fingerprint density at radius 3 is 1.91 bits per heavy atom. The number of carbonyl (C=O) groups is 3. The number of hydrazine groups is 1. The lowest BCUT2D eigenvalue weighted by Gasteiger charge is -2.32. The van der Waals surface area contributed by atoms with Gasteiger partial charge in [0.1, 0.15) is 0 Å². The molecule has 2 atom stereocenters. The first-order valence-electron chi connectivity index (χ1n) is 10.8. The predicted octanol–water partition coefficient (Wildman–Crippen LogP) is 2.99. The Morgan fingerprint density at radius 1 is 0.882 bits per heavy atom. The van der Waals surface area contributed by atoms with E-state index >= 15 is 0 Å². The first kappa shape index (κ1) is 23.2. The molecule has 3 aromatic rings. The van der Waals surface area contributed by atoms with E-state index < -0.39 is 30.2 Å². The molecule has 4 rings (SSSR count). The van der Waals surface area contributed by atoms with Crippen molar-refractivity contribution in [2.75, 3.05) is 7.11 Å². The SMILES string of the molecule is COC(O)[C@H](Cc1ccccc1)NC(=O)N(Cc1ccccc1)N1C(=O)c2ccccc2C1=O. The fourth-order valence-corrected chi connectivity index (χ4v) is 3.87. The number of methoxy groups -OCH3 is 1. The predicted molar refractivity (Wildman–Crippen MR) is 124 cm³/mol. The first-order valence-corrected chi connectivity index (χ1v) is 10.8. The van der Waals surface area contributed by atoms with Gasteiger partial charge in [-0.1, -0.05) is 72.8 Å². The molecular weight excluding hydrogens is 434 g/mol. The van der Waals surface area contributed by atoms with Crippen LogP contribution in [-0.4, -0.2) is 52.4 Å². The summed E-state index contributed by atoms with van der Waals surface area (Å²) in [6.07, 6.45) is -1.02. The van der Waals surface area contributed by atoms with Crippen LogP contribution in [0.15, 0.2) is 84.9 Å². The zero-order chi connectivity index (χ0) is 24.1. The second-order valence-electron chi connectivity index (χ2n) is 7.88. The van der Waals surface area contributed by atoms with Gasteiger partial charge in [0, 0.05) is 7.11 Å². The summed E-state index contributed by atoms with van der Waals surface area (Å²) in [5.74, 6) is -1.17. The molecule has 0 aromatic heterocycles. The average molecular weight is 460 g/mol. The molecule has 1 heterocycles. The minimum Gasteiger partial charge on any atom is -0.366 e. The largest absolute Gasteiger partial charge is 0.366 e. The Hall–Kier alpha value is -4.01. The van der Waals surface area contributed by atoms with Crippen LogP contribution in [0.1, 0.15) is 31.8 Å². The summed E-state index contributed by atoms with van der Waals surface area (Å²) in [5, 5.41) is 15.1. The molecule has 34 heavy (non-hydrogen) atoms. The molecule has 1 aliphatic heterocycles. The number of fused-ring (bicyclic) bond motifs is 1. The highest BCUT2D eigenvalue weighted by molar-refractivity contribution is 6.21. The van der Waals surface area contributed by atoms with Crippen molar-refractivity contribution >= 4 is 17.8 Å². The summed E-state index contributed by atoms with van der Waals surface area (Å²) in [7, 11) is 1.33. The third-order valence-corrected chi connectivity index (χ3v) is 5.62. The third-order valence-electron chi connectivity index (χ3n) is 5.62. The molecule has 0 aliphatic carbocycles. The third kappa shape index (κ3) is 4.83. The van der Waals surface area contributed by atoms with Crippen molar-refractivity contribution in [2.45, 2.75) is 25.3 Å². The van der Waals surface area contributed by atoms with Crippen molar-refractivity contribution in [3.8, 4) is 0 Å². The highest BCUT2D eigenvalue weighted by atomic mass is 16.6. The number of hydrogen-bond acceptors (Lipinski definition) is 5. The van der Waals surface area contributed by atoms with Gasteiger partial charge in [0.25, 0.3) is 11.8 Å². The standard InChI is InChI=1S/C26H25N3O5/c1-34-25(32)22(16-18-10-4-2-5-11-18)27-26(33)28(17-19-12-6-3-7-13-19)29-23(30)20-14-8-9-15-21(20)24(29)31/h2-15,22,25,32H,16-17H2,1H3,(H,27,33)/t22-,25?/m0/s1. The summed E-state index contributed by atoms with van der Waals surface area (Å²) >= 11 is 0. The van der Waals surface area contributed by atoms with E-state index in [9.17, 15) is 19.5 Å². The number of aliphatic hydroxyl groups excluding tert-OH is 1. The summed E-state index contributed by atoms with van der Waals surface area (Å²) in [6, 6.07) is 23.3. The molecule has 0 spiro atoms. The smallest absolute Gasteiger partial charge is 0.337 e. The molecule has 3 aromatic carbocycles. The summed E-state index contributed by atoms with van der Waals surface area (Å²) in [6.45, 7) is -0.0285. The lowest BCUT2D eigenvalue weighted by molar-refractivity contribution is -0.0956. The van der Waals surface area contributed by atoms with Gasteiger partial charge in [-0.25, -0.2) is 9.80 Å². The van der Waals surface area contributed by atoms with Crippen LogP contribution in [0.2, 0.25) is 0 Å². The Balaban J connectivity index is 1.63. The number of rotatable bonds is 8. The Kier molecular flexibility index (Phi) is 7.01. The highest BCUT2D eigenvalue weighted by Crippen LogP contribution is 2.25. The zero-order valence-corrected chi connectivity index (χ0v) is 18.6. The minimum absolute atomic E-state index is 0.0285. The summed E-state index contributed by atoms with van der Waals surface area (Å²) < 4.78 is 5.08. The molecule has 2 N–H and O–H groups in total. The van der Waals surface area contributed by atoms with E-state index in [4.69, 9.17) is 4.74 Å². The van der Waals surface area contributed by atoms with Gasteiger partial charge in [-0.15, -0.1) is 0 Å². The van der Waals surface area contributed by atoms with Crippen LogP contribution >= 0.6 is 0 Å². The van der Waals surface area contributed by atoms with Crippen molar-refractivity contribution < 1.29 is 24.2 Å². The first-order chi connectivity index (χ1) is 16.5. The van der Waals surface area contributed by atoms with Gasteiger partial charge in [-0.2, -0.15) is 5.01 Å². The van der Waals surface area contributed by atoms with Crippen LogP contribution in [0, 0.1) is 0 Å². The average Bonchev–Trinajstić information content (AvgIpc) is 3.12.